The van der Waals surface area contributed by atoms with E-state index in [0.717, 1.165) is 22.0 Å². The van der Waals surface area contributed by atoms with Crippen LogP contribution in [-0.2, 0) is 24.2 Å². The number of aryl methyl sites for hydroxylation is 1. The number of para-hydroxylation sites is 1. The van der Waals surface area contributed by atoms with Gasteiger partial charge < -0.3 is 14.7 Å². The van der Waals surface area contributed by atoms with Crippen LogP contribution in [-0.4, -0.2) is 31.6 Å². The van der Waals surface area contributed by atoms with E-state index in [4.69, 9.17) is 4.42 Å². The van der Waals surface area contributed by atoms with E-state index in [2.05, 4.69) is 21.5 Å². The van der Waals surface area contributed by atoms with Crippen LogP contribution in [0.5, 0.6) is 0 Å². The zero-order valence-electron chi connectivity index (χ0n) is 16.5. The fraction of sp³-hybridized carbons (Fsp3) is 0.227. The maximum atomic E-state index is 12.9. The topological polar surface area (TPSA) is 97.3 Å². The van der Waals surface area contributed by atoms with E-state index in [0.29, 0.717) is 36.3 Å². The number of fused-ring (bicyclic) bond motifs is 4. The molecule has 4 aromatic heterocycles. The van der Waals surface area contributed by atoms with E-state index < -0.39 is 0 Å². The average molecular weight is 403 g/mol. The van der Waals surface area contributed by atoms with Crippen molar-refractivity contribution in [3.05, 3.63) is 70.6 Å². The van der Waals surface area contributed by atoms with Crippen molar-refractivity contribution in [3.8, 4) is 0 Å². The molecule has 4 heterocycles. The van der Waals surface area contributed by atoms with Gasteiger partial charge in [0.1, 0.15) is 17.9 Å². The average Bonchev–Trinajstić information content (AvgIpc) is 3.45. The Morgan fingerprint density at radius 2 is 2.10 bits per heavy atom. The first kappa shape index (κ1) is 18.2. The number of aromatic amines is 1. The standard InChI is InChI=1S/C22H21N5O3/c1-2-20-25-26(22(29)18-11-19-17(27(18)20)8-10-30-19)13-21(28)23-9-7-14-12-24-16-6-4-3-5-15(14)16/h3-6,8,10-12,24H,2,7,9,13H2,1H3,(H,23,28). The Labute approximate surface area is 171 Å². The summed E-state index contributed by atoms with van der Waals surface area (Å²) in [5, 5.41) is 8.46. The van der Waals surface area contributed by atoms with Gasteiger partial charge in [-0.2, -0.15) is 5.10 Å². The van der Waals surface area contributed by atoms with Crippen molar-refractivity contribution >= 4 is 33.4 Å². The van der Waals surface area contributed by atoms with Gasteiger partial charge in [0.2, 0.25) is 5.91 Å². The van der Waals surface area contributed by atoms with Gasteiger partial charge in [-0.1, -0.05) is 25.1 Å². The normalized spacial score (nSPS) is 11.6. The van der Waals surface area contributed by atoms with Gasteiger partial charge in [0.25, 0.3) is 5.56 Å². The van der Waals surface area contributed by atoms with Gasteiger partial charge in [0.15, 0.2) is 5.58 Å². The second-order valence-corrected chi connectivity index (χ2v) is 7.23. The number of aromatic nitrogens is 4. The third-order valence-corrected chi connectivity index (χ3v) is 5.37. The number of carbonyl (C=O) groups excluding carboxylic acids is 1. The molecule has 0 aliphatic rings. The Kier molecular flexibility index (Phi) is 4.39. The number of hydrogen-bond acceptors (Lipinski definition) is 4. The zero-order chi connectivity index (χ0) is 20.7. The molecule has 0 aliphatic heterocycles. The van der Waals surface area contributed by atoms with Crippen LogP contribution in [0.2, 0.25) is 0 Å². The molecule has 0 radical (unpaired) electrons. The highest BCUT2D eigenvalue weighted by molar-refractivity contribution is 5.84. The van der Waals surface area contributed by atoms with Crippen molar-refractivity contribution in [2.75, 3.05) is 6.54 Å². The minimum atomic E-state index is -0.314. The van der Waals surface area contributed by atoms with Crippen LogP contribution in [0.4, 0.5) is 0 Å². The van der Waals surface area contributed by atoms with Crippen LogP contribution in [0.1, 0.15) is 18.3 Å². The highest BCUT2D eigenvalue weighted by Crippen LogP contribution is 2.20. The largest absolute Gasteiger partial charge is 0.463 e. The molecule has 5 rings (SSSR count). The molecule has 0 saturated carbocycles. The van der Waals surface area contributed by atoms with Gasteiger partial charge in [-0.05, 0) is 18.1 Å². The van der Waals surface area contributed by atoms with Gasteiger partial charge >= 0.3 is 0 Å². The molecule has 8 nitrogen and oxygen atoms in total. The fourth-order valence-corrected chi connectivity index (χ4v) is 3.93. The van der Waals surface area contributed by atoms with Crippen molar-refractivity contribution in [1.29, 1.82) is 0 Å². The summed E-state index contributed by atoms with van der Waals surface area (Å²) in [7, 11) is 0. The lowest BCUT2D eigenvalue weighted by molar-refractivity contribution is -0.121. The molecular formula is C22H21N5O3. The minimum absolute atomic E-state index is 0.122. The van der Waals surface area contributed by atoms with Crippen LogP contribution in [0.15, 0.2) is 58.1 Å². The summed E-state index contributed by atoms with van der Waals surface area (Å²) in [4.78, 5) is 28.6. The van der Waals surface area contributed by atoms with Crippen LogP contribution in [0.25, 0.3) is 27.5 Å². The summed E-state index contributed by atoms with van der Waals surface area (Å²) in [6.07, 6.45) is 4.87. The predicted octanol–water partition coefficient (Wildman–Crippen LogP) is 2.64. The van der Waals surface area contributed by atoms with E-state index in [9.17, 15) is 9.59 Å². The van der Waals surface area contributed by atoms with Crippen molar-refractivity contribution in [3.63, 3.8) is 0 Å². The third kappa shape index (κ3) is 2.97. The van der Waals surface area contributed by atoms with E-state index in [1.807, 2.05) is 37.4 Å². The smallest absolute Gasteiger partial charge is 0.291 e. The highest BCUT2D eigenvalue weighted by atomic mass is 16.3. The molecular weight excluding hydrogens is 382 g/mol. The van der Waals surface area contributed by atoms with E-state index >= 15 is 0 Å². The number of H-pyrrole nitrogens is 1. The summed E-state index contributed by atoms with van der Waals surface area (Å²) in [5.41, 5.74) is 3.80. The van der Waals surface area contributed by atoms with Crippen molar-refractivity contribution < 1.29 is 9.21 Å². The van der Waals surface area contributed by atoms with E-state index in [1.54, 1.807) is 16.7 Å². The molecule has 8 heteroatoms. The molecule has 2 N–H and O–H groups in total. The molecule has 0 aliphatic carbocycles. The quantitative estimate of drug-likeness (QED) is 0.455. The van der Waals surface area contributed by atoms with Crippen LogP contribution < -0.4 is 10.9 Å². The maximum absolute atomic E-state index is 12.9. The maximum Gasteiger partial charge on any atom is 0.291 e. The van der Waals surface area contributed by atoms with Crippen LogP contribution >= 0.6 is 0 Å². The number of hydrogen-bond donors (Lipinski definition) is 2. The molecule has 30 heavy (non-hydrogen) atoms. The predicted molar refractivity (Wildman–Crippen MR) is 114 cm³/mol. The lowest BCUT2D eigenvalue weighted by Crippen LogP contribution is -2.36. The second kappa shape index (κ2) is 7.22. The minimum Gasteiger partial charge on any atom is -0.463 e. The number of benzene rings is 1. The SMILES string of the molecule is CCc1nn(CC(=O)NCCc2c[nH]c3ccccc23)c(=O)c2cc3occc3n12. The van der Waals surface area contributed by atoms with Gasteiger partial charge in [-0.15, -0.1) is 0 Å². The molecule has 1 aromatic carbocycles. The van der Waals surface area contributed by atoms with Gasteiger partial charge in [-0.25, -0.2) is 4.68 Å². The van der Waals surface area contributed by atoms with Crippen molar-refractivity contribution in [2.24, 2.45) is 0 Å². The van der Waals surface area contributed by atoms with Crippen molar-refractivity contribution in [1.82, 2.24) is 24.5 Å². The first-order valence-electron chi connectivity index (χ1n) is 9.96. The van der Waals surface area contributed by atoms with Gasteiger partial charge in [0, 0.05) is 42.2 Å². The molecule has 1 amide bonds. The monoisotopic (exact) mass is 403 g/mol. The number of rotatable bonds is 6. The molecule has 0 saturated heterocycles. The van der Waals surface area contributed by atoms with Gasteiger partial charge in [0.05, 0.1) is 11.8 Å². The van der Waals surface area contributed by atoms with Gasteiger partial charge in [-0.3, -0.25) is 14.0 Å². The lowest BCUT2D eigenvalue weighted by Gasteiger charge is -2.10. The Hall–Kier alpha value is -3.81. The molecule has 0 fully saturated rings. The third-order valence-electron chi connectivity index (χ3n) is 5.37. The second-order valence-electron chi connectivity index (χ2n) is 7.23. The lowest BCUT2D eigenvalue weighted by atomic mass is 10.1. The summed E-state index contributed by atoms with van der Waals surface area (Å²) in [6.45, 7) is 2.32. The van der Waals surface area contributed by atoms with E-state index in [1.165, 1.54) is 4.68 Å². The fourth-order valence-electron chi connectivity index (χ4n) is 3.93. The number of nitrogens with zero attached hydrogens (tertiary/aromatic N) is 3. The Morgan fingerprint density at radius 3 is 2.97 bits per heavy atom. The van der Waals surface area contributed by atoms with Crippen LogP contribution in [0.3, 0.4) is 0 Å². The van der Waals surface area contributed by atoms with Crippen LogP contribution in [0, 0.1) is 0 Å². The number of nitrogens with one attached hydrogen (secondary N) is 2. The first-order valence-corrected chi connectivity index (χ1v) is 9.96. The Morgan fingerprint density at radius 1 is 1.23 bits per heavy atom. The molecule has 0 spiro atoms. The number of amides is 1. The zero-order valence-corrected chi connectivity index (χ0v) is 16.5. The Balaban J connectivity index is 1.33. The summed E-state index contributed by atoms with van der Waals surface area (Å²) < 4.78 is 8.45. The molecule has 0 unspecified atom stereocenters. The highest BCUT2D eigenvalue weighted by Gasteiger charge is 2.16. The molecule has 5 aromatic rings. The summed E-state index contributed by atoms with van der Waals surface area (Å²) >= 11 is 0. The number of carbonyl (C=O) groups is 1. The Bertz CT molecular complexity index is 1440. The van der Waals surface area contributed by atoms with Crippen molar-refractivity contribution in [2.45, 2.75) is 26.3 Å². The summed E-state index contributed by atoms with van der Waals surface area (Å²) in [6, 6.07) is 11.6. The molecule has 0 bridgehead atoms. The number of furan rings is 1. The van der Waals surface area contributed by atoms with E-state index in [-0.39, 0.29) is 18.0 Å². The summed E-state index contributed by atoms with van der Waals surface area (Å²) in [5.74, 6) is 0.457. The first-order chi connectivity index (χ1) is 14.7. The molecule has 152 valence electrons. The molecule has 0 atom stereocenters.